The molecule has 118 valence electrons. The molecule has 2 heterocycles. The van der Waals surface area contributed by atoms with Crippen molar-refractivity contribution in [2.45, 2.75) is 6.42 Å². The highest BCUT2D eigenvalue weighted by molar-refractivity contribution is 6.35. The van der Waals surface area contributed by atoms with Crippen molar-refractivity contribution in [3.63, 3.8) is 0 Å². The molecule has 0 saturated heterocycles. The van der Waals surface area contributed by atoms with Crippen LogP contribution in [0.1, 0.15) is 5.56 Å². The molecule has 0 radical (unpaired) electrons. The molecule has 2 aromatic carbocycles. The van der Waals surface area contributed by atoms with Crippen LogP contribution in [0.25, 0.3) is 21.8 Å². The van der Waals surface area contributed by atoms with E-state index in [0.717, 1.165) is 21.9 Å². The van der Waals surface area contributed by atoms with E-state index in [9.17, 15) is 4.79 Å². The molecular formula is C19H14ClN3O. The van der Waals surface area contributed by atoms with E-state index in [2.05, 4.69) is 15.3 Å². The Balaban J connectivity index is 1.62. The van der Waals surface area contributed by atoms with Gasteiger partial charge in [0, 0.05) is 28.7 Å². The Hall–Kier alpha value is -2.85. The van der Waals surface area contributed by atoms with Gasteiger partial charge in [0.25, 0.3) is 0 Å². The fourth-order valence-electron chi connectivity index (χ4n) is 2.89. The molecule has 0 spiro atoms. The van der Waals surface area contributed by atoms with Gasteiger partial charge in [0.15, 0.2) is 0 Å². The third-order valence-electron chi connectivity index (χ3n) is 4.02. The van der Waals surface area contributed by atoms with Crippen molar-refractivity contribution in [2.24, 2.45) is 0 Å². The number of nitrogens with zero attached hydrogens (tertiary/aromatic N) is 1. The van der Waals surface area contributed by atoms with Gasteiger partial charge >= 0.3 is 0 Å². The number of fused-ring (bicyclic) bond motifs is 2. The predicted molar refractivity (Wildman–Crippen MR) is 97.4 cm³/mol. The third-order valence-corrected chi connectivity index (χ3v) is 4.33. The number of hydrogen-bond acceptors (Lipinski definition) is 2. The van der Waals surface area contributed by atoms with Gasteiger partial charge in [-0.15, -0.1) is 0 Å². The van der Waals surface area contributed by atoms with Crippen LogP contribution in [0.5, 0.6) is 0 Å². The number of rotatable bonds is 3. The quantitative estimate of drug-likeness (QED) is 0.577. The molecule has 0 saturated carbocycles. The van der Waals surface area contributed by atoms with Crippen LogP contribution in [0.15, 0.2) is 60.9 Å². The number of amides is 1. The molecule has 24 heavy (non-hydrogen) atoms. The Morgan fingerprint density at radius 1 is 1.08 bits per heavy atom. The first kappa shape index (κ1) is 14.7. The van der Waals surface area contributed by atoms with Crippen LogP contribution >= 0.6 is 11.6 Å². The number of aromatic nitrogens is 2. The molecule has 0 atom stereocenters. The van der Waals surface area contributed by atoms with Crippen LogP contribution in [0.3, 0.4) is 0 Å². The maximum absolute atomic E-state index is 12.5. The van der Waals surface area contributed by atoms with Gasteiger partial charge in [0.2, 0.25) is 5.91 Å². The Labute approximate surface area is 143 Å². The number of aromatic amines is 1. The van der Waals surface area contributed by atoms with E-state index in [1.54, 1.807) is 18.3 Å². The number of para-hydroxylation sites is 1. The molecule has 2 aromatic heterocycles. The first-order chi connectivity index (χ1) is 11.7. The number of hydrogen-bond donors (Lipinski definition) is 2. The Bertz CT molecular complexity index is 1050. The second-order valence-electron chi connectivity index (χ2n) is 5.58. The average Bonchev–Trinajstić information content (AvgIpc) is 3.01. The lowest BCUT2D eigenvalue weighted by Crippen LogP contribution is -2.14. The molecule has 0 unspecified atom stereocenters. The summed E-state index contributed by atoms with van der Waals surface area (Å²) in [5, 5.41) is 5.43. The van der Waals surface area contributed by atoms with Gasteiger partial charge in [-0.05, 0) is 35.9 Å². The van der Waals surface area contributed by atoms with Gasteiger partial charge in [-0.2, -0.15) is 0 Å². The van der Waals surface area contributed by atoms with E-state index >= 15 is 0 Å². The normalized spacial score (nSPS) is 11.0. The van der Waals surface area contributed by atoms with E-state index in [1.807, 2.05) is 42.6 Å². The minimum Gasteiger partial charge on any atom is -0.361 e. The molecule has 2 N–H and O–H groups in total. The fraction of sp³-hybridized carbons (Fsp3) is 0.0526. The zero-order chi connectivity index (χ0) is 16.5. The lowest BCUT2D eigenvalue weighted by Gasteiger charge is -2.09. The molecule has 5 heteroatoms. The smallest absolute Gasteiger partial charge is 0.228 e. The summed E-state index contributed by atoms with van der Waals surface area (Å²) in [5.41, 5.74) is 3.40. The van der Waals surface area contributed by atoms with E-state index < -0.39 is 0 Å². The number of H-pyrrole nitrogens is 1. The molecule has 4 rings (SSSR count). The highest BCUT2D eigenvalue weighted by Gasteiger charge is 2.11. The summed E-state index contributed by atoms with van der Waals surface area (Å²) in [6.07, 6.45) is 3.87. The number of anilines is 1. The van der Waals surface area contributed by atoms with Crippen LogP contribution in [-0.4, -0.2) is 15.9 Å². The van der Waals surface area contributed by atoms with Crippen LogP contribution in [0.2, 0.25) is 5.02 Å². The standard InChI is InChI=1S/C19H14ClN3O/c20-15-7-8-17(14-5-3-9-21-19(14)15)23-18(24)10-12-11-22-16-6-2-1-4-13(12)16/h1-9,11,22H,10H2,(H,23,24). The molecule has 0 aliphatic carbocycles. The van der Waals surface area contributed by atoms with Crippen LogP contribution in [-0.2, 0) is 11.2 Å². The monoisotopic (exact) mass is 335 g/mol. The van der Waals surface area contributed by atoms with Crippen molar-refractivity contribution in [1.82, 2.24) is 9.97 Å². The van der Waals surface area contributed by atoms with E-state index in [0.29, 0.717) is 22.6 Å². The molecule has 4 nitrogen and oxygen atoms in total. The van der Waals surface area contributed by atoms with Crippen molar-refractivity contribution in [1.29, 1.82) is 0 Å². The van der Waals surface area contributed by atoms with E-state index in [-0.39, 0.29) is 5.91 Å². The first-order valence-corrected chi connectivity index (χ1v) is 7.98. The van der Waals surface area contributed by atoms with Crippen LogP contribution in [0, 0.1) is 0 Å². The highest BCUT2D eigenvalue weighted by atomic mass is 35.5. The van der Waals surface area contributed by atoms with Crippen molar-refractivity contribution in [3.8, 4) is 0 Å². The SMILES string of the molecule is O=C(Cc1c[nH]c2ccccc12)Nc1ccc(Cl)c2ncccc12. The second-order valence-corrected chi connectivity index (χ2v) is 5.99. The average molecular weight is 336 g/mol. The molecule has 0 aliphatic rings. The van der Waals surface area contributed by atoms with Gasteiger partial charge in [-0.25, -0.2) is 0 Å². The number of benzene rings is 2. The minimum absolute atomic E-state index is 0.0766. The number of nitrogens with one attached hydrogen (secondary N) is 2. The zero-order valence-electron chi connectivity index (χ0n) is 12.7. The first-order valence-electron chi connectivity index (χ1n) is 7.60. The highest BCUT2D eigenvalue weighted by Crippen LogP contribution is 2.28. The summed E-state index contributed by atoms with van der Waals surface area (Å²) in [4.78, 5) is 19.9. The third kappa shape index (κ3) is 2.61. The molecule has 0 bridgehead atoms. The summed E-state index contributed by atoms with van der Waals surface area (Å²) in [6, 6.07) is 15.2. The lowest BCUT2D eigenvalue weighted by molar-refractivity contribution is -0.115. The number of carbonyl (C=O) groups is 1. The maximum atomic E-state index is 12.5. The summed E-state index contributed by atoms with van der Waals surface area (Å²) >= 11 is 6.17. The van der Waals surface area contributed by atoms with Gasteiger partial charge < -0.3 is 10.3 Å². The van der Waals surface area contributed by atoms with Crippen molar-refractivity contribution >= 4 is 45.0 Å². The second kappa shape index (κ2) is 5.98. The van der Waals surface area contributed by atoms with E-state index in [1.165, 1.54) is 0 Å². The lowest BCUT2D eigenvalue weighted by atomic mass is 10.1. The van der Waals surface area contributed by atoms with Gasteiger partial charge in [-0.3, -0.25) is 9.78 Å². The molecule has 4 aromatic rings. The molecule has 0 fully saturated rings. The number of carbonyl (C=O) groups excluding carboxylic acids is 1. The van der Waals surface area contributed by atoms with Gasteiger partial charge in [0.05, 0.1) is 22.6 Å². The van der Waals surface area contributed by atoms with Crippen molar-refractivity contribution < 1.29 is 4.79 Å². The summed E-state index contributed by atoms with van der Waals surface area (Å²) in [6.45, 7) is 0. The largest absolute Gasteiger partial charge is 0.361 e. The van der Waals surface area contributed by atoms with E-state index in [4.69, 9.17) is 11.6 Å². The maximum Gasteiger partial charge on any atom is 0.228 e. The van der Waals surface area contributed by atoms with Crippen molar-refractivity contribution in [3.05, 3.63) is 71.5 Å². The molecular weight excluding hydrogens is 322 g/mol. The summed E-state index contributed by atoms with van der Waals surface area (Å²) in [5.74, 6) is -0.0766. The molecule has 0 aliphatic heterocycles. The summed E-state index contributed by atoms with van der Waals surface area (Å²) < 4.78 is 0. The Kier molecular flexibility index (Phi) is 3.67. The van der Waals surface area contributed by atoms with Crippen LogP contribution in [0.4, 0.5) is 5.69 Å². The summed E-state index contributed by atoms with van der Waals surface area (Å²) in [7, 11) is 0. The van der Waals surface area contributed by atoms with Gasteiger partial charge in [0.1, 0.15) is 0 Å². The number of halogens is 1. The molecule has 1 amide bonds. The Morgan fingerprint density at radius 2 is 1.92 bits per heavy atom. The minimum atomic E-state index is -0.0766. The predicted octanol–water partition coefficient (Wildman–Crippen LogP) is 4.55. The zero-order valence-corrected chi connectivity index (χ0v) is 13.5. The van der Waals surface area contributed by atoms with Gasteiger partial charge in [-0.1, -0.05) is 29.8 Å². The van der Waals surface area contributed by atoms with Crippen molar-refractivity contribution in [2.75, 3.05) is 5.32 Å². The fourth-order valence-corrected chi connectivity index (χ4v) is 3.11. The topological polar surface area (TPSA) is 57.8 Å². The van der Waals surface area contributed by atoms with Crippen LogP contribution < -0.4 is 5.32 Å². The Morgan fingerprint density at radius 3 is 2.83 bits per heavy atom. The number of pyridine rings is 1.